The van der Waals surface area contributed by atoms with Gasteiger partial charge in [-0.05, 0) is 31.2 Å². The molecule has 0 N–H and O–H groups in total. The number of nitrogens with zero attached hydrogens (tertiary/aromatic N) is 3. The fraction of sp³-hybridized carbons (Fsp3) is 0.263. The van der Waals surface area contributed by atoms with E-state index in [1.807, 2.05) is 0 Å². The summed E-state index contributed by atoms with van der Waals surface area (Å²) in [5.41, 5.74) is -1.58. The Bertz CT molecular complexity index is 1070. The lowest BCUT2D eigenvalue weighted by atomic mass is 10.0. The van der Waals surface area contributed by atoms with Crippen LogP contribution in [0.3, 0.4) is 0 Å². The van der Waals surface area contributed by atoms with Gasteiger partial charge in [-0.15, -0.1) is 0 Å². The lowest BCUT2D eigenvalue weighted by molar-refractivity contribution is -0.138. The number of aromatic nitrogens is 2. The molecule has 0 spiro atoms. The molecule has 4 nitrogen and oxygen atoms in total. The van der Waals surface area contributed by atoms with Crippen LogP contribution in [0.5, 0.6) is 5.88 Å². The summed E-state index contributed by atoms with van der Waals surface area (Å²) in [6, 6.07) is 7.34. The Kier molecular flexibility index (Phi) is 5.17. The highest BCUT2D eigenvalue weighted by Crippen LogP contribution is 2.38. The first-order valence-electron chi connectivity index (χ1n) is 8.28. The minimum Gasteiger partial charge on any atom is -0.476 e. The van der Waals surface area contributed by atoms with Crippen molar-refractivity contribution in [2.45, 2.75) is 25.8 Å². The number of fused-ring (bicyclic) bond motifs is 1. The van der Waals surface area contributed by atoms with E-state index in [0.29, 0.717) is 11.9 Å². The van der Waals surface area contributed by atoms with E-state index in [9.17, 15) is 26.3 Å². The van der Waals surface area contributed by atoms with Crippen molar-refractivity contribution in [1.29, 1.82) is 5.26 Å². The second-order valence-corrected chi connectivity index (χ2v) is 6.20. The van der Waals surface area contributed by atoms with E-state index in [4.69, 9.17) is 10.00 Å². The van der Waals surface area contributed by atoms with E-state index in [-0.39, 0.29) is 29.9 Å². The highest BCUT2D eigenvalue weighted by atomic mass is 19.4. The van der Waals surface area contributed by atoms with Gasteiger partial charge in [0.2, 0.25) is 5.88 Å². The molecule has 3 rings (SSSR count). The number of benzene rings is 1. The van der Waals surface area contributed by atoms with Crippen LogP contribution < -0.4 is 4.74 Å². The Labute approximate surface area is 160 Å². The number of halogens is 6. The van der Waals surface area contributed by atoms with Crippen molar-refractivity contribution in [3.8, 4) is 11.9 Å². The monoisotopic (exact) mass is 413 g/mol. The van der Waals surface area contributed by atoms with Gasteiger partial charge in [0.25, 0.3) is 0 Å². The molecule has 0 aliphatic carbocycles. The van der Waals surface area contributed by atoms with E-state index in [0.717, 1.165) is 18.2 Å². The number of ether oxygens (including phenoxy) is 1. The molecule has 0 saturated carbocycles. The number of alkyl halides is 6. The third-order valence-corrected chi connectivity index (χ3v) is 4.32. The zero-order valence-electron chi connectivity index (χ0n) is 14.9. The molecule has 1 aromatic carbocycles. The van der Waals surface area contributed by atoms with E-state index >= 15 is 0 Å². The summed E-state index contributed by atoms with van der Waals surface area (Å²) >= 11 is 0. The van der Waals surface area contributed by atoms with Crippen LogP contribution in [0.4, 0.5) is 26.3 Å². The molecule has 29 heavy (non-hydrogen) atoms. The Morgan fingerprint density at radius 1 is 1.07 bits per heavy atom. The van der Waals surface area contributed by atoms with Crippen LogP contribution in [0, 0.1) is 18.3 Å². The fourth-order valence-electron chi connectivity index (χ4n) is 3.04. The molecule has 0 amide bonds. The second-order valence-electron chi connectivity index (χ2n) is 6.20. The summed E-state index contributed by atoms with van der Waals surface area (Å²) < 4.78 is 84.8. The molecule has 152 valence electrons. The molecule has 0 saturated heterocycles. The second kappa shape index (κ2) is 7.31. The third kappa shape index (κ3) is 4.13. The molecule has 0 atom stereocenters. The van der Waals surface area contributed by atoms with Gasteiger partial charge < -0.3 is 9.30 Å². The van der Waals surface area contributed by atoms with Crippen LogP contribution >= 0.6 is 0 Å². The molecule has 0 bridgehead atoms. The maximum atomic E-state index is 13.4. The topological polar surface area (TPSA) is 50.8 Å². The van der Waals surface area contributed by atoms with Crippen LogP contribution in [-0.2, 0) is 18.9 Å². The van der Waals surface area contributed by atoms with Gasteiger partial charge in [-0.3, -0.25) is 0 Å². The zero-order chi connectivity index (χ0) is 21.4. The van der Waals surface area contributed by atoms with Crippen molar-refractivity contribution in [2.75, 3.05) is 6.61 Å². The third-order valence-electron chi connectivity index (χ3n) is 4.32. The van der Waals surface area contributed by atoms with Crippen LogP contribution in [0.1, 0.15) is 22.4 Å². The number of nitriles is 1. The van der Waals surface area contributed by atoms with Crippen molar-refractivity contribution < 1.29 is 31.1 Å². The summed E-state index contributed by atoms with van der Waals surface area (Å²) in [5.74, 6) is -0.0325. The van der Waals surface area contributed by atoms with Crippen LogP contribution in [0.25, 0.3) is 10.9 Å². The molecule has 10 heteroatoms. The van der Waals surface area contributed by atoms with Crippen molar-refractivity contribution >= 4 is 10.9 Å². The lowest BCUT2D eigenvalue weighted by Crippen LogP contribution is -2.11. The maximum Gasteiger partial charge on any atom is 0.418 e. The normalized spacial score (nSPS) is 12.2. The Morgan fingerprint density at radius 2 is 1.79 bits per heavy atom. The molecule has 0 aliphatic heterocycles. The van der Waals surface area contributed by atoms with Gasteiger partial charge in [0.1, 0.15) is 6.61 Å². The first-order chi connectivity index (χ1) is 13.5. The number of rotatable bonds is 4. The summed E-state index contributed by atoms with van der Waals surface area (Å²) in [5, 5.41) is 8.90. The summed E-state index contributed by atoms with van der Waals surface area (Å²) in [7, 11) is 0. The van der Waals surface area contributed by atoms with Crippen molar-refractivity contribution in [1.82, 2.24) is 9.55 Å². The molecule has 3 aromatic rings. The maximum absolute atomic E-state index is 13.4. The van der Waals surface area contributed by atoms with E-state index < -0.39 is 29.0 Å². The number of hydrogen-bond acceptors (Lipinski definition) is 3. The minimum absolute atomic E-state index is 0.0235. The van der Waals surface area contributed by atoms with Gasteiger partial charge in [0.05, 0.1) is 29.3 Å². The molecule has 0 unspecified atom stereocenters. The summed E-state index contributed by atoms with van der Waals surface area (Å²) in [6.45, 7) is 1.73. The van der Waals surface area contributed by atoms with Crippen molar-refractivity contribution in [2.24, 2.45) is 0 Å². The Balaban J connectivity index is 1.83. The SMILES string of the molecule is Cc1cc2c(C(F)(F)F)c(C#N)ccc2n1CCOc1ccc(C(F)(F)F)cn1. The standard InChI is InChI=1S/C19H13F6N3O/c1-11-8-14-15(4-2-12(9-26)17(14)19(23,24)25)28(11)6-7-29-16-5-3-13(10-27-16)18(20,21)22/h2-5,8,10H,6-7H2,1H3. The van der Waals surface area contributed by atoms with Crippen LogP contribution in [-0.4, -0.2) is 16.2 Å². The molecule has 0 aliphatic rings. The molecule has 0 fully saturated rings. The first-order valence-corrected chi connectivity index (χ1v) is 8.28. The van der Waals surface area contributed by atoms with Gasteiger partial charge in [-0.25, -0.2) is 4.98 Å². The molecular weight excluding hydrogens is 400 g/mol. The number of aryl methyl sites for hydroxylation is 1. The van der Waals surface area contributed by atoms with Gasteiger partial charge in [-0.1, -0.05) is 0 Å². The van der Waals surface area contributed by atoms with E-state index in [1.54, 1.807) is 17.6 Å². The van der Waals surface area contributed by atoms with Gasteiger partial charge >= 0.3 is 12.4 Å². The minimum atomic E-state index is -4.69. The highest BCUT2D eigenvalue weighted by Gasteiger charge is 2.36. The van der Waals surface area contributed by atoms with Crippen molar-refractivity contribution in [3.05, 3.63) is 58.9 Å². The largest absolute Gasteiger partial charge is 0.476 e. The fourth-order valence-corrected chi connectivity index (χ4v) is 3.04. The summed E-state index contributed by atoms with van der Waals surface area (Å²) in [4.78, 5) is 3.58. The van der Waals surface area contributed by atoms with Crippen LogP contribution in [0.15, 0.2) is 36.5 Å². The van der Waals surface area contributed by atoms with Gasteiger partial charge in [0, 0.05) is 28.9 Å². The highest BCUT2D eigenvalue weighted by molar-refractivity contribution is 5.87. The Morgan fingerprint density at radius 3 is 2.34 bits per heavy atom. The molecule has 2 heterocycles. The van der Waals surface area contributed by atoms with E-state index in [1.165, 1.54) is 12.1 Å². The van der Waals surface area contributed by atoms with Gasteiger partial charge in [-0.2, -0.15) is 31.6 Å². The average Bonchev–Trinajstić information content (AvgIpc) is 2.95. The average molecular weight is 413 g/mol. The number of hydrogen-bond donors (Lipinski definition) is 0. The Hall–Kier alpha value is -3.22. The van der Waals surface area contributed by atoms with Gasteiger partial charge in [0.15, 0.2) is 0 Å². The summed E-state index contributed by atoms with van der Waals surface area (Å²) in [6.07, 6.45) is -8.56. The molecule has 0 radical (unpaired) electrons. The first kappa shape index (κ1) is 20.5. The van der Waals surface area contributed by atoms with Crippen LogP contribution in [0.2, 0.25) is 0 Å². The number of pyridine rings is 1. The predicted molar refractivity (Wildman–Crippen MR) is 91.1 cm³/mol. The smallest absolute Gasteiger partial charge is 0.418 e. The molecular formula is C19H13F6N3O. The quantitative estimate of drug-likeness (QED) is 0.543. The lowest BCUT2D eigenvalue weighted by Gasteiger charge is -2.13. The van der Waals surface area contributed by atoms with E-state index in [2.05, 4.69) is 4.98 Å². The molecule has 2 aromatic heterocycles. The predicted octanol–water partition coefficient (Wildman–Crippen LogP) is 5.33. The zero-order valence-corrected chi connectivity index (χ0v) is 14.9. The van der Waals surface area contributed by atoms with Crippen molar-refractivity contribution in [3.63, 3.8) is 0 Å².